The number of benzene rings is 1. The van der Waals surface area contributed by atoms with Crippen molar-refractivity contribution < 1.29 is 4.39 Å². The average molecular weight is 276 g/mol. The second-order valence-corrected chi connectivity index (χ2v) is 6.14. The van der Waals surface area contributed by atoms with Gasteiger partial charge < -0.3 is 5.73 Å². The summed E-state index contributed by atoms with van der Waals surface area (Å²) < 4.78 is 13.8. The molecule has 1 aliphatic carbocycles. The van der Waals surface area contributed by atoms with Crippen LogP contribution in [0.1, 0.15) is 43.0 Å². The molecule has 0 spiro atoms. The number of nitrogen functional groups attached to an aromatic ring is 1. The lowest BCUT2D eigenvalue weighted by atomic mass is 9.90. The zero-order valence-electron chi connectivity index (χ0n) is 10.7. The van der Waals surface area contributed by atoms with E-state index in [2.05, 4.69) is 4.98 Å². The molecule has 1 aliphatic rings. The van der Waals surface area contributed by atoms with Crippen molar-refractivity contribution in [3.8, 4) is 11.3 Å². The number of halogens is 1. The normalized spacial score (nSPS) is 16.7. The Kier molecular flexibility index (Phi) is 3.51. The Bertz CT molecular complexity index is 573. The minimum absolute atomic E-state index is 0.255. The maximum absolute atomic E-state index is 13.8. The van der Waals surface area contributed by atoms with Crippen LogP contribution in [0.4, 0.5) is 9.39 Å². The van der Waals surface area contributed by atoms with Crippen LogP contribution in [0.5, 0.6) is 0 Å². The highest BCUT2D eigenvalue weighted by molar-refractivity contribution is 7.16. The largest absolute Gasteiger partial charge is 0.389 e. The van der Waals surface area contributed by atoms with Gasteiger partial charge in [-0.2, -0.15) is 0 Å². The van der Waals surface area contributed by atoms with Gasteiger partial charge in [0, 0.05) is 11.5 Å². The highest BCUT2D eigenvalue weighted by Gasteiger charge is 2.22. The van der Waals surface area contributed by atoms with Crippen LogP contribution in [0.3, 0.4) is 0 Å². The monoisotopic (exact) mass is 276 g/mol. The maximum Gasteiger partial charge on any atom is 0.132 e. The number of nitrogens with zero attached hydrogens (tertiary/aromatic N) is 1. The first-order valence-corrected chi connectivity index (χ1v) is 7.58. The molecular weight excluding hydrogens is 259 g/mol. The Balaban J connectivity index is 1.95. The van der Waals surface area contributed by atoms with Gasteiger partial charge in [-0.3, -0.25) is 0 Å². The highest BCUT2D eigenvalue weighted by atomic mass is 32.1. The molecule has 0 atom stereocenters. The molecule has 0 saturated heterocycles. The van der Waals surface area contributed by atoms with Crippen molar-refractivity contribution >= 4 is 16.3 Å². The van der Waals surface area contributed by atoms with E-state index in [9.17, 15) is 4.39 Å². The smallest absolute Gasteiger partial charge is 0.132 e. The third-order valence-electron chi connectivity index (χ3n) is 3.75. The van der Waals surface area contributed by atoms with Crippen molar-refractivity contribution in [2.75, 3.05) is 5.73 Å². The number of hydrogen-bond acceptors (Lipinski definition) is 3. The summed E-state index contributed by atoms with van der Waals surface area (Å²) in [5.41, 5.74) is 7.17. The molecule has 1 aromatic heterocycles. The zero-order chi connectivity index (χ0) is 13.2. The summed E-state index contributed by atoms with van der Waals surface area (Å²) in [6, 6.07) is 6.70. The molecule has 100 valence electrons. The molecule has 1 fully saturated rings. The third kappa shape index (κ3) is 2.50. The van der Waals surface area contributed by atoms with Crippen LogP contribution >= 0.6 is 11.3 Å². The summed E-state index contributed by atoms with van der Waals surface area (Å²) in [6.45, 7) is 0. The Morgan fingerprint density at radius 1 is 1.16 bits per heavy atom. The summed E-state index contributed by atoms with van der Waals surface area (Å²) in [7, 11) is 0. The molecule has 1 saturated carbocycles. The van der Waals surface area contributed by atoms with Gasteiger partial charge >= 0.3 is 0 Å². The van der Waals surface area contributed by atoms with Crippen LogP contribution < -0.4 is 5.73 Å². The number of hydrogen-bond donors (Lipinski definition) is 1. The maximum atomic E-state index is 13.8. The molecule has 0 bridgehead atoms. The first kappa shape index (κ1) is 12.6. The van der Waals surface area contributed by atoms with Crippen LogP contribution in [0, 0.1) is 5.82 Å². The zero-order valence-corrected chi connectivity index (χ0v) is 11.5. The third-order valence-corrected chi connectivity index (χ3v) is 4.80. The predicted molar refractivity (Wildman–Crippen MR) is 77.7 cm³/mol. The summed E-state index contributed by atoms with van der Waals surface area (Å²) in [4.78, 5) is 4.62. The quantitative estimate of drug-likeness (QED) is 0.872. The van der Waals surface area contributed by atoms with Crippen molar-refractivity contribution in [1.29, 1.82) is 0 Å². The van der Waals surface area contributed by atoms with Gasteiger partial charge in [-0.25, -0.2) is 9.37 Å². The van der Waals surface area contributed by atoms with E-state index >= 15 is 0 Å². The van der Waals surface area contributed by atoms with Crippen LogP contribution in [0.2, 0.25) is 0 Å². The van der Waals surface area contributed by atoms with E-state index in [1.165, 1.54) is 49.5 Å². The number of nitrogens with two attached hydrogens (primary N) is 1. The molecule has 2 nitrogen and oxygen atoms in total. The van der Waals surface area contributed by atoms with Gasteiger partial charge in [0.15, 0.2) is 0 Å². The SMILES string of the molecule is Nc1sc(C2CCCCC2)nc1-c1ccccc1F. The van der Waals surface area contributed by atoms with Gasteiger partial charge in [0.25, 0.3) is 0 Å². The van der Waals surface area contributed by atoms with Crippen LogP contribution in [0.25, 0.3) is 11.3 Å². The topological polar surface area (TPSA) is 38.9 Å². The lowest BCUT2D eigenvalue weighted by Crippen LogP contribution is -2.03. The Labute approximate surface area is 116 Å². The number of anilines is 1. The van der Waals surface area contributed by atoms with Crippen molar-refractivity contribution in [3.05, 3.63) is 35.1 Å². The van der Waals surface area contributed by atoms with Crippen LogP contribution in [0.15, 0.2) is 24.3 Å². The van der Waals surface area contributed by atoms with Crippen molar-refractivity contribution in [2.45, 2.75) is 38.0 Å². The van der Waals surface area contributed by atoms with E-state index in [1.807, 2.05) is 6.07 Å². The molecule has 2 aromatic rings. The van der Waals surface area contributed by atoms with E-state index in [-0.39, 0.29) is 5.82 Å². The van der Waals surface area contributed by atoms with E-state index in [1.54, 1.807) is 12.1 Å². The van der Waals surface area contributed by atoms with Gasteiger partial charge in [0.05, 0.1) is 5.01 Å². The minimum atomic E-state index is -0.255. The average Bonchev–Trinajstić information content (AvgIpc) is 2.82. The summed E-state index contributed by atoms with van der Waals surface area (Å²) in [5.74, 6) is 0.260. The molecule has 4 heteroatoms. The van der Waals surface area contributed by atoms with E-state index in [4.69, 9.17) is 5.73 Å². The number of aromatic nitrogens is 1. The molecule has 0 aliphatic heterocycles. The lowest BCUT2D eigenvalue weighted by molar-refractivity contribution is 0.442. The van der Waals surface area contributed by atoms with Crippen LogP contribution in [-0.2, 0) is 0 Å². The minimum Gasteiger partial charge on any atom is -0.389 e. The fraction of sp³-hybridized carbons (Fsp3) is 0.400. The second-order valence-electron chi connectivity index (χ2n) is 5.08. The fourth-order valence-electron chi connectivity index (χ4n) is 2.72. The first-order valence-electron chi connectivity index (χ1n) is 6.77. The summed E-state index contributed by atoms with van der Waals surface area (Å²) in [5, 5.41) is 1.71. The predicted octanol–water partition coefficient (Wildman–Crippen LogP) is 4.58. The molecule has 0 amide bonds. The molecule has 1 aromatic carbocycles. The highest BCUT2D eigenvalue weighted by Crippen LogP contribution is 2.40. The fourth-order valence-corrected chi connectivity index (χ4v) is 3.74. The Morgan fingerprint density at radius 3 is 2.63 bits per heavy atom. The van der Waals surface area contributed by atoms with Crippen LogP contribution in [-0.4, -0.2) is 4.98 Å². The first-order chi connectivity index (χ1) is 9.25. The lowest BCUT2D eigenvalue weighted by Gasteiger charge is -2.18. The van der Waals surface area contributed by atoms with Crippen molar-refractivity contribution in [3.63, 3.8) is 0 Å². The second kappa shape index (κ2) is 5.29. The molecule has 0 unspecified atom stereocenters. The molecule has 19 heavy (non-hydrogen) atoms. The van der Waals surface area contributed by atoms with Gasteiger partial charge in [-0.1, -0.05) is 31.4 Å². The van der Waals surface area contributed by atoms with Gasteiger partial charge in [0.2, 0.25) is 0 Å². The molecule has 1 heterocycles. The van der Waals surface area contributed by atoms with Gasteiger partial charge in [0.1, 0.15) is 16.5 Å². The van der Waals surface area contributed by atoms with E-state index in [0.29, 0.717) is 22.2 Å². The molecule has 3 rings (SSSR count). The Hall–Kier alpha value is -1.42. The van der Waals surface area contributed by atoms with Gasteiger partial charge in [-0.15, -0.1) is 11.3 Å². The van der Waals surface area contributed by atoms with Gasteiger partial charge in [-0.05, 0) is 25.0 Å². The number of thiazole rings is 1. The standard InChI is InChI=1S/C15H17FN2S/c16-12-9-5-4-8-11(12)13-14(17)19-15(18-13)10-6-2-1-3-7-10/h4-5,8-10H,1-3,6-7,17H2. The number of rotatable bonds is 2. The Morgan fingerprint density at radius 2 is 1.89 bits per heavy atom. The summed E-state index contributed by atoms with van der Waals surface area (Å²) in [6.07, 6.45) is 6.21. The van der Waals surface area contributed by atoms with E-state index in [0.717, 1.165) is 5.01 Å². The summed E-state index contributed by atoms with van der Waals surface area (Å²) >= 11 is 1.52. The molecule has 0 radical (unpaired) electrons. The molecular formula is C15H17FN2S. The van der Waals surface area contributed by atoms with Crippen molar-refractivity contribution in [1.82, 2.24) is 4.98 Å². The van der Waals surface area contributed by atoms with E-state index < -0.39 is 0 Å². The molecule has 2 N–H and O–H groups in total. The van der Waals surface area contributed by atoms with Crippen molar-refractivity contribution in [2.24, 2.45) is 0 Å².